The van der Waals surface area contributed by atoms with E-state index in [0.29, 0.717) is 0 Å². The van der Waals surface area contributed by atoms with Crippen molar-refractivity contribution in [3.8, 4) is 0 Å². The molecule has 0 aromatic heterocycles. The minimum absolute atomic E-state index is 0. The van der Waals surface area contributed by atoms with Crippen LogP contribution >= 0.6 is 0 Å². The van der Waals surface area contributed by atoms with Crippen LogP contribution in [0.4, 0.5) is 0 Å². The topological polar surface area (TPSA) is 120 Å². The monoisotopic (exact) mass is 277 g/mol. The van der Waals surface area contributed by atoms with E-state index in [9.17, 15) is 0 Å². The van der Waals surface area contributed by atoms with Gasteiger partial charge < -0.3 is 29.7 Å². The predicted molar refractivity (Wildman–Crippen MR) is 52.8 cm³/mol. The zero-order valence-corrected chi connectivity index (χ0v) is 9.26. The SMILES string of the molecule is C=CC(=O)[O-].C=CC(=O)[O-].C=CC(=O)[O-].[Fe+3].[LiH]. The van der Waals surface area contributed by atoms with Crippen LogP contribution in [0.15, 0.2) is 38.0 Å². The van der Waals surface area contributed by atoms with Crippen molar-refractivity contribution in [1.82, 2.24) is 0 Å². The number of carboxylic acids is 3. The van der Waals surface area contributed by atoms with E-state index in [-0.39, 0.29) is 35.9 Å². The molecule has 0 saturated heterocycles. The summed E-state index contributed by atoms with van der Waals surface area (Å²) in [6, 6.07) is 0. The molecule has 0 spiro atoms. The maximum absolute atomic E-state index is 9.14. The van der Waals surface area contributed by atoms with E-state index >= 15 is 0 Å². The molecule has 0 rings (SSSR count). The van der Waals surface area contributed by atoms with Crippen molar-refractivity contribution < 1.29 is 46.8 Å². The van der Waals surface area contributed by atoms with Gasteiger partial charge in [-0.15, -0.1) is 0 Å². The number of hydrogen-bond acceptors (Lipinski definition) is 6. The number of carbonyl (C=O) groups is 3. The van der Waals surface area contributed by atoms with Gasteiger partial charge in [-0.1, -0.05) is 19.7 Å². The third-order valence-corrected chi connectivity index (χ3v) is 0.500. The van der Waals surface area contributed by atoms with Gasteiger partial charge in [0.15, 0.2) is 0 Å². The molecule has 0 aromatic carbocycles. The quantitative estimate of drug-likeness (QED) is 0.384. The van der Waals surface area contributed by atoms with Crippen LogP contribution in [-0.2, 0) is 31.5 Å². The minimum atomic E-state index is -1.23. The molecule has 0 saturated carbocycles. The Morgan fingerprint density at radius 3 is 0.765 bits per heavy atom. The first-order chi connectivity index (χ1) is 6.81. The molecular weight excluding hydrogens is 267 g/mol. The molecule has 17 heavy (non-hydrogen) atoms. The Labute approximate surface area is 121 Å². The molecule has 0 fully saturated rings. The Morgan fingerprint density at radius 2 is 0.765 bits per heavy atom. The summed E-state index contributed by atoms with van der Waals surface area (Å²) in [6.45, 7) is 8.69. The normalized spacial score (nSPS) is 5.65. The Bertz CT molecular complexity index is 221. The Kier molecular flexibility index (Phi) is 42.1. The first-order valence-corrected chi connectivity index (χ1v) is 3.32. The molecule has 0 heterocycles. The standard InChI is InChI=1S/3C3H4O2.Fe.Li.H/c3*1-2-3(4)5;;;/h3*2H,1H2,(H,4,5);;;/q;;;+3;;/p-3. The van der Waals surface area contributed by atoms with E-state index in [2.05, 4.69) is 19.7 Å². The number of carbonyl (C=O) groups excluding carboxylic acids is 3. The van der Waals surface area contributed by atoms with Crippen LogP contribution in [0.3, 0.4) is 0 Å². The van der Waals surface area contributed by atoms with Crippen LogP contribution in [0.1, 0.15) is 0 Å². The van der Waals surface area contributed by atoms with E-state index in [0.717, 1.165) is 18.2 Å². The summed E-state index contributed by atoms with van der Waals surface area (Å²) in [5.74, 6) is -3.69. The van der Waals surface area contributed by atoms with E-state index in [1.165, 1.54) is 0 Å². The van der Waals surface area contributed by atoms with Gasteiger partial charge in [0.2, 0.25) is 0 Å². The molecular formula is C9H10FeLiO6. The predicted octanol–water partition coefficient (Wildman–Crippen LogP) is -3.88. The zero-order chi connectivity index (χ0) is 12.9. The fraction of sp³-hybridized carbons (Fsp3) is 0. The summed E-state index contributed by atoms with van der Waals surface area (Å²) < 4.78 is 0. The van der Waals surface area contributed by atoms with Gasteiger partial charge in [0.25, 0.3) is 0 Å². The maximum atomic E-state index is 9.14. The molecule has 0 aliphatic carbocycles. The molecule has 6 nitrogen and oxygen atoms in total. The van der Waals surface area contributed by atoms with Crippen molar-refractivity contribution in [3.63, 3.8) is 0 Å². The fourth-order valence-electron chi connectivity index (χ4n) is 0. The van der Waals surface area contributed by atoms with Gasteiger partial charge >= 0.3 is 35.9 Å². The van der Waals surface area contributed by atoms with Gasteiger partial charge in [0, 0.05) is 0 Å². The van der Waals surface area contributed by atoms with E-state index in [4.69, 9.17) is 29.7 Å². The fourth-order valence-corrected chi connectivity index (χ4v) is 0. The van der Waals surface area contributed by atoms with Crippen LogP contribution in [0.5, 0.6) is 0 Å². The van der Waals surface area contributed by atoms with E-state index in [1.54, 1.807) is 0 Å². The summed E-state index contributed by atoms with van der Waals surface area (Å²) in [4.78, 5) is 27.4. The van der Waals surface area contributed by atoms with E-state index < -0.39 is 17.9 Å². The van der Waals surface area contributed by atoms with Gasteiger partial charge in [-0.2, -0.15) is 0 Å². The molecule has 1 radical (unpaired) electrons. The Balaban J connectivity index is -0.0000000400. The van der Waals surface area contributed by atoms with Crippen LogP contribution in [0.2, 0.25) is 0 Å². The number of rotatable bonds is 3. The summed E-state index contributed by atoms with van der Waals surface area (Å²) in [6.07, 6.45) is 2.17. The molecule has 0 aromatic rings. The average Bonchev–Trinajstić information content (AvgIpc) is 2.19. The van der Waals surface area contributed by atoms with Crippen molar-refractivity contribution >= 4 is 36.8 Å². The van der Waals surface area contributed by atoms with Crippen LogP contribution in [0.25, 0.3) is 0 Å². The van der Waals surface area contributed by atoms with Gasteiger partial charge in [0.05, 0.1) is 17.9 Å². The summed E-state index contributed by atoms with van der Waals surface area (Å²) in [5.41, 5.74) is 0. The summed E-state index contributed by atoms with van der Waals surface area (Å²) >= 11 is 0. The first-order valence-electron chi connectivity index (χ1n) is 3.32. The van der Waals surface area contributed by atoms with Gasteiger partial charge in [-0.3, -0.25) is 0 Å². The van der Waals surface area contributed by atoms with Crippen molar-refractivity contribution in [1.29, 1.82) is 0 Å². The third kappa shape index (κ3) is 106. The van der Waals surface area contributed by atoms with Crippen LogP contribution < -0.4 is 15.3 Å². The average molecular weight is 277 g/mol. The summed E-state index contributed by atoms with van der Waals surface area (Å²) in [5, 5.41) is 27.4. The second-order valence-corrected chi connectivity index (χ2v) is 1.57. The molecule has 0 aliphatic heterocycles. The van der Waals surface area contributed by atoms with Gasteiger partial charge in [-0.05, 0) is 18.2 Å². The van der Waals surface area contributed by atoms with Crippen molar-refractivity contribution in [2.24, 2.45) is 0 Å². The van der Waals surface area contributed by atoms with Gasteiger partial charge in [0.1, 0.15) is 0 Å². The van der Waals surface area contributed by atoms with Crippen LogP contribution in [-0.4, -0.2) is 36.8 Å². The molecule has 0 aliphatic rings. The third-order valence-electron chi connectivity index (χ3n) is 0.500. The number of carboxylic acid groups (broad SMARTS) is 3. The number of aliphatic carboxylic acids is 3. The van der Waals surface area contributed by atoms with Crippen molar-refractivity contribution in [3.05, 3.63) is 38.0 Å². The Hall–Kier alpha value is -1.25. The van der Waals surface area contributed by atoms with Crippen molar-refractivity contribution in [2.75, 3.05) is 0 Å². The molecule has 8 heteroatoms. The Morgan fingerprint density at radius 1 is 0.706 bits per heavy atom. The second kappa shape index (κ2) is 24.1. The molecule has 0 bridgehead atoms. The molecule has 0 amide bonds. The second-order valence-electron chi connectivity index (χ2n) is 1.57. The van der Waals surface area contributed by atoms with Crippen molar-refractivity contribution in [2.45, 2.75) is 0 Å². The molecule has 0 unspecified atom stereocenters. The molecule has 0 atom stereocenters. The zero-order valence-electron chi connectivity index (χ0n) is 8.16. The molecule has 0 N–H and O–H groups in total. The molecule has 91 valence electrons. The first kappa shape index (κ1) is 29.7. The van der Waals surface area contributed by atoms with Crippen LogP contribution in [0, 0.1) is 0 Å². The summed E-state index contributed by atoms with van der Waals surface area (Å²) in [7, 11) is 0. The van der Waals surface area contributed by atoms with E-state index in [1.807, 2.05) is 0 Å². The van der Waals surface area contributed by atoms with Gasteiger partial charge in [-0.25, -0.2) is 0 Å². The number of hydrogen-bond donors (Lipinski definition) is 0.